The van der Waals surface area contributed by atoms with Gasteiger partial charge in [-0.2, -0.15) is 0 Å². The summed E-state index contributed by atoms with van der Waals surface area (Å²) in [6.07, 6.45) is 6.60. The second-order valence-corrected chi connectivity index (χ2v) is 9.23. The van der Waals surface area contributed by atoms with Crippen molar-refractivity contribution in [2.75, 3.05) is 0 Å². The number of carbonyl (C=O) groups is 2. The van der Waals surface area contributed by atoms with Crippen molar-refractivity contribution in [1.29, 1.82) is 0 Å². The van der Waals surface area contributed by atoms with Crippen LogP contribution in [0.15, 0.2) is 60.2 Å². The van der Waals surface area contributed by atoms with Gasteiger partial charge in [0.05, 0.1) is 0 Å². The minimum absolute atomic E-state index is 0.128. The number of allylic oxidation sites excluding steroid dienone is 6. The fraction of sp³-hybridized carbons (Fsp3) is 0.273. The van der Waals surface area contributed by atoms with E-state index in [0.29, 0.717) is 22.0 Å². The van der Waals surface area contributed by atoms with Crippen LogP contribution in [0.5, 0.6) is 0 Å². The van der Waals surface area contributed by atoms with Crippen LogP contribution in [0.25, 0.3) is 0 Å². The standard InChI is InChI=1S/C22H27O4P/c1-8-10-11-18(6)27(25,17(5)9-2)22(24)21-15(3)12-20(13-16(21)4)14-26-19(7)23/h8-13H,2,5,14H2,1,3-4,6-7H3. The van der Waals surface area contributed by atoms with Gasteiger partial charge >= 0.3 is 5.97 Å². The molecule has 0 bridgehead atoms. The molecule has 1 aromatic rings. The minimum atomic E-state index is -3.57. The van der Waals surface area contributed by atoms with Gasteiger partial charge in [-0.3, -0.25) is 9.59 Å². The highest BCUT2D eigenvalue weighted by atomic mass is 31.2. The summed E-state index contributed by atoms with van der Waals surface area (Å²) in [5.41, 5.74) is 2.08. The van der Waals surface area contributed by atoms with E-state index in [9.17, 15) is 14.2 Å². The monoisotopic (exact) mass is 386 g/mol. The molecule has 0 saturated carbocycles. The van der Waals surface area contributed by atoms with Crippen LogP contribution in [0.3, 0.4) is 0 Å². The number of benzene rings is 1. The van der Waals surface area contributed by atoms with Crippen molar-refractivity contribution in [3.63, 3.8) is 0 Å². The maximum absolute atomic E-state index is 13.8. The van der Waals surface area contributed by atoms with Crippen LogP contribution >= 0.6 is 7.14 Å². The molecule has 1 rings (SSSR count). The highest BCUT2D eigenvalue weighted by molar-refractivity contribution is 7.88. The average Bonchev–Trinajstić information content (AvgIpc) is 2.62. The molecule has 4 nitrogen and oxygen atoms in total. The number of ether oxygens (including phenoxy) is 1. The maximum atomic E-state index is 13.8. The van der Waals surface area contributed by atoms with Crippen LogP contribution in [0, 0.1) is 13.8 Å². The van der Waals surface area contributed by atoms with Crippen molar-refractivity contribution < 1.29 is 18.9 Å². The van der Waals surface area contributed by atoms with E-state index in [1.807, 2.05) is 6.92 Å². The first-order chi connectivity index (χ1) is 12.6. The van der Waals surface area contributed by atoms with Crippen molar-refractivity contribution in [2.45, 2.75) is 41.2 Å². The third kappa shape index (κ3) is 5.05. The lowest BCUT2D eigenvalue weighted by Gasteiger charge is -2.21. The molecule has 0 heterocycles. The van der Waals surface area contributed by atoms with Crippen LogP contribution in [-0.4, -0.2) is 11.5 Å². The van der Waals surface area contributed by atoms with Crippen molar-refractivity contribution in [3.8, 4) is 0 Å². The van der Waals surface area contributed by atoms with E-state index in [1.165, 1.54) is 13.0 Å². The van der Waals surface area contributed by atoms with Crippen LogP contribution < -0.4 is 0 Å². The summed E-state index contributed by atoms with van der Waals surface area (Å²) in [6, 6.07) is 3.55. The molecule has 5 heteroatoms. The number of aryl methyl sites for hydroxylation is 2. The van der Waals surface area contributed by atoms with Gasteiger partial charge in [-0.1, -0.05) is 49.6 Å². The Balaban J connectivity index is 3.51. The third-order valence-corrected chi connectivity index (χ3v) is 7.13. The Morgan fingerprint density at radius 1 is 1.19 bits per heavy atom. The Morgan fingerprint density at radius 3 is 2.19 bits per heavy atom. The first-order valence-corrected chi connectivity index (χ1v) is 10.3. The fourth-order valence-corrected chi connectivity index (χ4v) is 5.06. The number of esters is 1. The molecular weight excluding hydrogens is 359 g/mol. The first-order valence-electron chi connectivity index (χ1n) is 8.60. The molecule has 0 aromatic heterocycles. The number of rotatable bonds is 8. The lowest BCUT2D eigenvalue weighted by atomic mass is 10.0. The quantitative estimate of drug-likeness (QED) is 0.310. The second-order valence-electron chi connectivity index (χ2n) is 6.33. The van der Waals surface area contributed by atoms with Gasteiger partial charge in [-0.15, -0.1) is 0 Å². The van der Waals surface area contributed by atoms with E-state index >= 15 is 0 Å². The molecule has 0 N–H and O–H groups in total. The number of hydrogen-bond donors (Lipinski definition) is 0. The van der Waals surface area contributed by atoms with E-state index in [-0.39, 0.29) is 17.9 Å². The topological polar surface area (TPSA) is 60.4 Å². The largest absolute Gasteiger partial charge is 0.461 e. The van der Waals surface area contributed by atoms with Gasteiger partial charge in [0.1, 0.15) is 6.61 Å². The molecule has 1 unspecified atom stereocenters. The van der Waals surface area contributed by atoms with Gasteiger partial charge in [0.2, 0.25) is 12.7 Å². The van der Waals surface area contributed by atoms with Gasteiger partial charge in [0, 0.05) is 17.8 Å². The molecule has 0 aliphatic carbocycles. The van der Waals surface area contributed by atoms with Crippen molar-refractivity contribution in [2.24, 2.45) is 0 Å². The molecule has 1 atom stereocenters. The third-order valence-electron chi connectivity index (χ3n) is 4.20. The molecule has 144 valence electrons. The smallest absolute Gasteiger partial charge is 0.302 e. The Hall–Kier alpha value is -2.45. The first kappa shape index (κ1) is 22.6. The molecule has 0 radical (unpaired) electrons. The Bertz CT molecular complexity index is 865. The summed E-state index contributed by atoms with van der Waals surface area (Å²) in [7, 11) is -3.57. The van der Waals surface area contributed by atoms with Crippen molar-refractivity contribution in [1.82, 2.24) is 0 Å². The van der Waals surface area contributed by atoms with Gasteiger partial charge in [-0.25, -0.2) is 0 Å². The highest BCUT2D eigenvalue weighted by Crippen LogP contribution is 2.63. The summed E-state index contributed by atoms with van der Waals surface area (Å²) in [4.78, 5) is 24.4. The molecule has 0 fully saturated rings. The lowest BCUT2D eigenvalue weighted by molar-refractivity contribution is -0.142. The SMILES string of the molecule is C=CC(=C)P(=O)(C(=O)c1c(C)cc(COC(C)=O)cc1C)C(C)=CC=CC. The van der Waals surface area contributed by atoms with E-state index in [2.05, 4.69) is 13.2 Å². The summed E-state index contributed by atoms with van der Waals surface area (Å²) in [5.74, 6) is -0.373. The van der Waals surface area contributed by atoms with Crippen molar-refractivity contribution in [3.05, 3.63) is 82.5 Å². The molecule has 0 saturated heterocycles. The predicted molar refractivity (Wildman–Crippen MR) is 111 cm³/mol. The maximum Gasteiger partial charge on any atom is 0.302 e. The zero-order chi connectivity index (χ0) is 20.8. The molecule has 27 heavy (non-hydrogen) atoms. The Kier molecular flexibility index (Phi) is 7.93. The van der Waals surface area contributed by atoms with E-state index < -0.39 is 12.7 Å². The normalized spacial score (nSPS) is 13.9. The van der Waals surface area contributed by atoms with E-state index in [0.717, 1.165) is 5.56 Å². The fourth-order valence-electron chi connectivity index (χ4n) is 2.80. The average molecular weight is 386 g/mol. The van der Waals surface area contributed by atoms with E-state index in [4.69, 9.17) is 4.74 Å². The molecule has 0 amide bonds. The zero-order valence-electron chi connectivity index (χ0n) is 16.7. The number of carbonyl (C=O) groups excluding carboxylic acids is 2. The van der Waals surface area contributed by atoms with Crippen LogP contribution in [0.4, 0.5) is 0 Å². The summed E-state index contributed by atoms with van der Waals surface area (Å²) < 4.78 is 18.8. The molecular formula is C22H27O4P. The van der Waals surface area contributed by atoms with E-state index in [1.54, 1.807) is 51.1 Å². The van der Waals surface area contributed by atoms with Crippen molar-refractivity contribution >= 4 is 18.6 Å². The second kappa shape index (κ2) is 9.48. The van der Waals surface area contributed by atoms with Gasteiger partial charge in [0.15, 0.2) is 0 Å². The predicted octanol–water partition coefficient (Wildman–Crippen LogP) is 6.05. The van der Waals surface area contributed by atoms with Crippen LogP contribution in [0.2, 0.25) is 0 Å². The number of hydrogen-bond acceptors (Lipinski definition) is 4. The summed E-state index contributed by atoms with van der Waals surface area (Å²) in [5, 5.41) is 0.673. The van der Waals surface area contributed by atoms with Crippen LogP contribution in [-0.2, 0) is 20.7 Å². The van der Waals surface area contributed by atoms with Gasteiger partial charge in [-0.05, 0) is 49.7 Å². The Labute approximate surface area is 161 Å². The molecule has 0 spiro atoms. The summed E-state index contributed by atoms with van der Waals surface area (Å²) in [6.45, 7) is 16.0. The summed E-state index contributed by atoms with van der Waals surface area (Å²) >= 11 is 0. The molecule has 0 aliphatic heterocycles. The highest BCUT2D eigenvalue weighted by Gasteiger charge is 2.37. The zero-order valence-corrected chi connectivity index (χ0v) is 17.6. The van der Waals surface area contributed by atoms with Crippen LogP contribution in [0.1, 0.15) is 47.8 Å². The minimum Gasteiger partial charge on any atom is -0.461 e. The molecule has 0 aliphatic rings. The van der Waals surface area contributed by atoms with Gasteiger partial charge < -0.3 is 9.30 Å². The van der Waals surface area contributed by atoms with Gasteiger partial charge in [0.25, 0.3) is 0 Å². The molecule has 1 aromatic carbocycles. The Morgan fingerprint density at radius 2 is 1.74 bits per heavy atom. The lowest BCUT2D eigenvalue weighted by Crippen LogP contribution is -2.09.